The largest absolute Gasteiger partial charge is 0.372 e. The fraction of sp³-hybridized carbons (Fsp3) is 0.538. The molecule has 1 aliphatic carbocycles. The van der Waals surface area contributed by atoms with Crippen molar-refractivity contribution in [3.8, 4) is 0 Å². The summed E-state index contributed by atoms with van der Waals surface area (Å²) < 4.78 is 1.18. The molecule has 0 aromatic heterocycles. The van der Waals surface area contributed by atoms with Crippen LogP contribution in [0.3, 0.4) is 0 Å². The first-order valence-electron chi connectivity index (χ1n) is 5.85. The number of nitrogens with zero attached hydrogens (tertiary/aromatic N) is 1. The molecular weight excluding hydrogens is 264 g/mol. The fourth-order valence-electron chi connectivity index (χ4n) is 1.94. The average molecular weight is 283 g/mol. The predicted molar refractivity (Wildman–Crippen MR) is 72.9 cm³/mol. The lowest BCUT2D eigenvalue weighted by molar-refractivity contribution is 0.736. The maximum absolute atomic E-state index is 5.82. The normalized spacial score (nSPS) is 17.2. The van der Waals surface area contributed by atoms with Gasteiger partial charge in [0.2, 0.25) is 0 Å². The molecule has 1 aliphatic rings. The van der Waals surface area contributed by atoms with Crippen LogP contribution >= 0.6 is 15.9 Å². The smallest absolute Gasteiger partial charge is 0.0377 e. The van der Waals surface area contributed by atoms with Gasteiger partial charge in [0.05, 0.1) is 0 Å². The van der Waals surface area contributed by atoms with E-state index in [2.05, 4.69) is 46.1 Å². The number of rotatable bonds is 4. The summed E-state index contributed by atoms with van der Waals surface area (Å²) in [4.78, 5) is 2.36. The van der Waals surface area contributed by atoms with E-state index < -0.39 is 0 Å². The van der Waals surface area contributed by atoms with Crippen molar-refractivity contribution in [1.29, 1.82) is 0 Å². The minimum absolute atomic E-state index is 0.211. The highest BCUT2D eigenvalue weighted by molar-refractivity contribution is 9.10. The first kappa shape index (κ1) is 11.9. The Hall–Kier alpha value is -0.540. The molecule has 1 unspecified atom stereocenters. The van der Waals surface area contributed by atoms with Gasteiger partial charge < -0.3 is 10.6 Å². The Balaban J connectivity index is 2.14. The molecule has 88 valence electrons. The third-order valence-electron chi connectivity index (χ3n) is 3.08. The lowest BCUT2D eigenvalue weighted by atomic mass is 10.1. The van der Waals surface area contributed by atoms with E-state index in [0.29, 0.717) is 0 Å². The molecule has 1 fully saturated rings. The van der Waals surface area contributed by atoms with E-state index >= 15 is 0 Å². The molecule has 2 nitrogen and oxygen atoms in total. The van der Waals surface area contributed by atoms with Gasteiger partial charge in [0.1, 0.15) is 0 Å². The van der Waals surface area contributed by atoms with Crippen molar-refractivity contribution in [2.45, 2.75) is 38.3 Å². The zero-order chi connectivity index (χ0) is 11.7. The second kappa shape index (κ2) is 4.76. The molecule has 16 heavy (non-hydrogen) atoms. The number of nitrogens with two attached hydrogens (primary N) is 1. The van der Waals surface area contributed by atoms with Crippen molar-refractivity contribution in [1.82, 2.24) is 0 Å². The van der Waals surface area contributed by atoms with Gasteiger partial charge in [-0.25, -0.2) is 0 Å². The molecule has 2 rings (SSSR count). The van der Waals surface area contributed by atoms with Crippen LogP contribution in [0.2, 0.25) is 0 Å². The van der Waals surface area contributed by atoms with Gasteiger partial charge in [-0.05, 0) is 43.9 Å². The molecular formula is C13H19BrN2. The average Bonchev–Trinajstić information content (AvgIpc) is 3.03. The zero-order valence-corrected chi connectivity index (χ0v) is 11.5. The Morgan fingerprint density at radius 1 is 1.50 bits per heavy atom. The van der Waals surface area contributed by atoms with Crippen molar-refractivity contribution in [2.24, 2.45) is 5.73 Å². The molecule has 0 amide bonds. The highest BCUT2D eigenvalue weighted by atomic mass is 79.9. The van der Waals surface area contributed by atoms with Crippen LogP contribution in [-0.4, -0.2) is 19.1 Å². The van der Waals surface area contributed by atoms with E-state index in [1.165, 1.54) is 28.6 Å². The molecule has 3 heteroatoms. The summed E-state index contributed by atoms with van der Waals surface area (Å²) in [5.74, 6) is 0. The SMILES string of the molecule is CC(N)Cc1ccc(N(C)C2CC2)cc1Br. The second-order valence-corrected chi connectivity index (χ2v) is 5.65. The third kappa shape index (κ3) is 2.77. The van der Waals surface area contributed by atoms with E-state index in [0.717, 1.165) is 12.5 Å². The van der Waals surface area contributed by atoms with Gasteiger partial charge in [0.15, 0.2) is 0 Å². The van der Waals surface area contributed by atoms with E-state index in [4.69, 9.17) is 5.73 Å². The van der Waals surface area contributed by atoms with Crippen molar-refractivity contribution < 1.29 is 0 Å². The molecule has 0 bridgehead atoms. The third-order valence-corrected chi connectivity index (χ3v) is 3.82. The van der Waals surface area contributed by atoms with E-state index in [1.54, 1.807) is 0 Å². The van der Waals surface area contributed by atoms with Gasteiger partial charge in [-0.3, -0.25) is 0 Å². The number of hydrogen-bond acceptors (Lipinski definition) is 2. The molecule has 1 saturated carbocycles. The van der Waals surface area contributed by atoms with Crippen LogP contribution in [0.25, 0.3) is 0 Å². The standard InChI is InChI=1S/C13H19BrN2/c1-9(15)7-10-3-4-12(8-13(10)14)16(2)11-5-6-11/h3-4,8-9,11H,5-7,15H2,1-2H3. The molecule has 0 spiro atoms. The Morgan fingerprint density at radius 3 is 2.69 bits per heavy atom. The van der Waals surface area contributed by atoms with Crippen LogP contribution < -0.4 is 10.6 Å². The molecule has 0 saturated heterocycles. The highest BCUT2D eigenvalue weighted by Gasteiger charge is 2.26. The molecule has 0 radical (unpaired) electrons. The summed E-state index contributed by atoms with van der Waals surface area (Å²) in [5.41, 5.74) is 8.41. The molecule has 2 N–H and O–H groups in total. The summed E-state index contributed by atoms with van der Waals surface area (Å²) >= 11 is 3.63. The number of hydrogen-bond donors (Lipinski definition) is 1. The van der Waals surface area contributed by atoms with Crippen molar-refractivity contribution in [3.05, 3.63) is 28.2 Å². The summed E-state index contributed by atoms with van der Waals surface area (Å²) in [5, 5.41) is 0. The van der Waals surface area contributed by atoms with E-state index in [1.807, 2.05) is 6.92 Å². The second-order valence-electron chi connectivity index (χ2n) is 4.80. The van der Waals surface area contributed by atoms with Crippen LogP contribution in [0.1, 0.15) is 25.3 Å². The molecule has 1 aromatic rings. The predicted octanol–water partition coefficient (Wildman–Crippen LogP) is 2.94. The van der Waals surface area contributed by atoms with E-state index in [9.17, 15) is 0 Å². The summed E-state index contributed by atoms with van der Waals surface area (Å²) in [6.07, 6.45) is 3.58. The van der Waals surface area contributed by atoms with Crippen molar-refractivity contribution in [3.63, 3.8) is 0 Å². The van der Waals surface area contributed by atoms with Crippen LogP contribution in [0.4, 0.5) is 5.69 Å². The molecule has 1 atom stereocenters. The van der Waals surface area contributed by atoms with Crippen molar-refractivity contribution in [2.75, 3.05) is 11.9 Å². The van der Waals surface area contributed by atoms with Crippen LogP contribution in [0.15, 0.2) is 22.7 Å². The summed E-state index contributed by atoms with van der Waals surface area (Å²) in [7, 11) is 2.17. The van der Waals surface area contributed by atoms with E-state index in [-0.39, 0.29) is 6.04 Å². The van der Waals surface area contributed by atoms with Gasteiger partial charge in [-0.15, -0.1) is 0 Å². The lowest BCUT2D eigenvalue weighted by Gasteiger charge is -2.20. The Kier molecular flexibility index (Phi) is 3.55. The van der Waals surface area contributed by atoms with Gasteiger partial charge >= 0.3 is 0 Å². The monoisotopic (exact) mass is 282 g/mol. The quantitative estimate of drug-likeness (QED) is 0.920. The summed E-state index contributed by atoms with van der Waals surface area (Å²) in [6.45, 7) is 2.04. The van der Waals surface area contributed by atoms with Crippen molar-refractivity contribution >= 4 is 21.6 Å². The first-order valence-corrected chi connectivity index (χ1v) is 6.64. The minimum atomic E-state index is 0.211. The maximum atomic E-state index is 5.82. The zero-order valence-electron chi connectivity index (χ0n) is 9.91. The summed E-state index contributed by atoms with van der Waals surface area (Å²) in [6, 6.07) is 7.55. The highest BCUT2D eigenvalue weighted by Crippen LogP contribution is 2.32. The lowest BCUT2D eigenvalue weighted by Crippen LogP contribution is -2.20. The van der Waals surface area contributed by atoms with Crippen LogP contribution in [-0.2, 0) is 6.42 Å². The first-order chi connectivity index (χ1) is 7.58. The minimum Gasteiger partial charge on any atom is -0.372 e. The Bertz CT molecular complexity index is 372. The molecule has 1 aromatic carbocycles. The topological polar surface area (TPSA) is 29.3 Å². The van der Waals surface area contributed by atoms with Gasteiger partial charge in [0, 0.05) is 29.3 Å². The number of halogens is 1. The fourth-order valence-corrected chi connectivity index (χ4v) is 2.47. The van der Waals surface area contributed by atoms with Crippen LogP contribution in [0, 0.1) is 0 Å². The Morgan fingerprint density at radius 2 is 2.19 bits per heavy atom. The maximum Gasteiger partial charge on any atom is 0.0377 e. The van der Waals surface area contributed by atoms with Gasteiger partial charge in [-0.2, -0.15) is 0 Å². The Labute approximate surface area is 106 Å². The molecule has 0 heterocycles. The van der Waals surface area contributed by atoms with Gasteiger partial charge in [0.25, 0.3) is 0 Å². The van der Waals surface area contributed by atoms with Gasteiger partial charge in [-0.1, -0.05) is 22.0 Å². The van der Waals surface area contributed by atoms with Crippen LogP contribution in [0.5, 0.6) is 0 Å². The number of anilines is 1. The number of benzene rings is 1. The molecule has 0 aliphatic heterocycles.